The van der Waals surface area contributed by atoms with Gasteiger partial charge >= 0.3 is 6.18 Å². The van der Waals surface area contributed by atoms with Gasteiger partial charge in [0.25, 0.3) is 5.91 Å². The fraction of sp³-hybridized carbons (Fsp3) is 0.444. The smallest absolute Gasteiger partial charge is 0.351 e. The van der Waals surface area contributed by atoms with E-state index in [-0.39, 0.29) is 11.9 Å². The molecule has 1 aliphatic heterocycles. The highest BCUT2D eigenvalue weighted by molar-refractivity contribution is 5.98. The zero-order valence-electron chi connectivity index (χ0n) is 19.1. The molecule has 1 aliphatic carbocycles. The molecule has 1 saturated carbocycles. The van der Waals surface area contributed by atoms with E-state index in [2.05, 4.69) is 15.2 Å². The molecule has 1 aromatic heterocycles. The molecule has 2 N–H and O–H groups in total. The fourth-order valence-corrected chi connectivity index (χ4v) is 5.40. The van der Waals surface area contributed by atoms with Gasteiger partial charge in [-0.1, -0.05) is 24.3 Å². The van der Waals surface area contributed by atoms with E-state index in [0.29, 0.717) is 18.2 Å². The number of amides is 1. The third-order valence-corrected chi connectivity index (χ3v) is 7.44. The van der Waals surface area contributed by atoms with Gasteiger partial charge in [0.1, 0.15) is 5.69 Å². The van der Waals surface area contributed by atoms with Crippen molar-refractivity contribution in [3.8, 4) is 0 Å². The van der Waals surface area contributed by atoms with Crippen LogP contribution in [0.5, 0.6) is 0 Å². The highest BCUT2D eigenvalue weighted by atomic mass is 19.4. The standard InChI is InChI=1S/C27H30F3N3O/c28-27(29,30)22-8-7-19-12-14-33(17-21(19)15-22)13-11-18-5-9-23(10-6-18)31-26(34)25-16-20-3-1-2-4-24(20)32-25/h1-4,7-8,15-16,18,23,32H,5-6,9-14,17H2,(H,31,34). The average Bonchev–Trinajstić information content (AvgIpc) is 3.27. The minimum Gasteiger partial charge on any atom is -0.351 e. The molecule has 7 heteroatoms. The number of hydrogen-bond donors (Lipinski definition) is 2. The van der Waals surface area contributed by atoms with E-state index in [0.717, 1.165) is 73.6 Å². The maximum Gasteiger partial charge on any atom is 0.416 e. The molecule has 1 amide bonds. The summed E-state index contributed by atoms with van der Waals surface area (Å²) in [6.07, 6.45) is 1.64. The molecule has 0 bridgehead atoms. The molecule has 0 unspecified atom stereocenters. The number of carbonyl (C=O) groups excluding carboxylic acids is 1. The van der Waals surface area contributed by atoms with Crippen molar-refractivity contribution >= 4 is 16.8 Å². The average molecular weight is 470 g/mol. The van der Waals surface area contributed by atoms with Crippen LogP contribution in [-0.2, 0) is 19.1 Å². The molecule has 1 fully saturated rings. The molecule has 0 saturated heterocycles. The summed E-state index contributed by atoms with van der Waals surface area (Å²) >= 11 is 0. The van der Waals surface area contributed by atoms with Crippen LogP contribution in [0.1, 0.15) is 59.3 Å². The summed E-state index contributed by atoms with van der Waals surface area (Å²) in [7, 11) is 0. The molecule has 5 rings (SSSR count). The second kappa shape index (κ2) is 9.45. The summed E-state index contributed by atoms with van der Waals surface area (Å²) < 4.78 is 39.2. The Morgan fingerprint density at radius 1 is 1.03 bits per heavy atom. The highest BCUT2D eigenvalue weighted by Gasteiger charge is 2.32. The minimum absolute atomic E-state index is 0.0511. The number of benzene rings is 2. The lowest BCUT2D eigenvalue weighted by Gasteiger charge is -2.33. The van der Waals surface area contributed by atoms with Gasteiger partial charge in [-0.05, 0) is 86.4 Å². The molecule has 0 atom stereocenters. The summed E-state index contributed by atoms with van der Waals surface area (Å²) in [6.45, 7) is 2.40. The first-order valence-electron chi connectivity index (χ1n) is 12.1. The number of alkyl halides is 3. The van der Waals surface area contributed by atoms with Crippen molar-refractivity contribution in [1.29, 1.82) is 0 Å². The number of hydrogen-bond acceptors (Lipinski definition) is 2. The van der Waals surface area contributed by atoms with Crippen LogP contribution in [0.4, 0.5) is 13.2 Å². The van der Waals surface area contributed by atoms with Gasteiger partial charge in [-0.2, -0.15) is 13.2 Å². The number of H-pyrrole nitrogens is 1. The SMILES string of the molecule is O=C(NC1CCC(CCN2CCc3ccc(C(F)(F)F)cc3C2)CC1)c1cc2ccccc2[nH]1. The monoisotopic (exact) mass is 469 g/mol. The molecular weight excluding hydrogens is 439 g/mol. The Morgan fingerprint density at radius 2 is 1.82 bits per heavy atom. The maximum atomic E-state index is 13.1. The molecule has 0 radical (unpaired) electrons. The maximum absolute atomic E-state index is 13.1. The lowest BCUT2D eigenvalue weighted by Crippen LogP contribution is -2.38. The lowest BCUT2D eigenvalue weighted by atomic mass is 9.84. The number of halogens is 3. The summed E-state index contributed by atoms with van der Waals surface area (Å²) in [6, 6.07) is 14.1. The molecule has 4 nitrogen and oxygen atoms in total. The predicted molar refractivity (Wildman–Crippen MR) is 127 cm³/mol. The Bertz CT molecular complexity index is 1130. The van der Waals surface area contributed by atoms with Crippen LogP contribution in [0, 0.1) is 5.92 Å². The quantitative estimate of drug-likeness (QED) is 0.487. The van der Waals surface area contributed by atoms with Crippen LogP contribution in [0.15, 0.2) is 48.5 Å². The van der Waals surface area contributed by atoms with Crippen LogP contribution in [0.2, 0.25) is 0 Å². The van der Waals surface area contributed by atoms with E-state index < -0.39 is 11.7 Å². The second-order valence-corrected chi connectivity index (χ2v) is 9.76. The summed E-state index contributed by atoms with van der Waals surface area (Å²) in [5.41, 5.74) is 2.86. The summed E-state index contributed by atoms with van der Waals surface area (Å²) in [4.78, 5) is 18.1. The number of aromatic nitrogens is 1. The second-order valence-electron chi connectivity index (χ2n) is 9.76. The number of para-hydroxylation sites is 1. The third-order valence-electron chi connectivity index (χ3n) is 7.44. The van der Waals surface area contributed by atoms with Gasteiger partial charge in [-0.25, -0.2) is 0 Å². The van der Waals surface area contributed by atoms with Gasteiger partial charge in [0, 0.05) is 30.0 Å². The largest absolute Gasteiger partial charge is 0.416 e. The molecule has 2 aliphatic rings. The van der Waals surface area contributed by atoms with E-state index in [9.17, 15) is 18.0 Å². The normalized spacial score (nSPS) is 21.4. The minimum atomic E-state index is -4.29. The molecule has 2 heterocycles. The van der Waals surface area contributed by atoms with Crippen LogP contribution in [-0.4, -0.2) is 34.9 Å². The van der Waals surface area contributed by atoms with Crippen LogP contribution in [0.25, 0.3) is 10.9 Å². The third kappa shape index (κ3) is 5.14. The fourth-order valence-electron chi connectivity index (χ4n) is 5.40. The first-order valence-corrected chi connectivity index (χ1v) is 12.1. The molecular formula is C27H30F3N3O. The van der Waals surface area contributed by atoms with Crippen molar-refractivity contribution in [3.05, 3.63) is 70.9 Å². The van der Waals surface area contributed by atoms with Crippen LogP contribution >= 0.6 is 0 Å². The number of fused-ring (bicyclic) bond motifs is 2. The van der Waals surface area contributed by atoms with Gasteiger partial charge in [-0.3, -0.25) is 9.69 Å². The number of rotatable bonds is 5. The van der Waals surface area contributed by atoms with Gasteiger partial charge in [-0.15, -0.1) is 0 Å². The van der Waals surface area contributed by atoms with Crippen LogP contribution in [0.3, 0.4) is 0 Å². The van der Waals surface area contributed by atoms with Crippen molar-refractivity contribution < 1.29 is 18.0 Å². The van der Waals surface area contributed by atoms with Crippen molar-refractivity contribution in [1.82, 2.24) is 15.2 Å². The van der Waals surface area contributed by atoms with Gasteiger partial charge in [0.15, 0.2) is 0 Å². The zero-order chi connectivity index (χ0) is 23.7. The molecule has 180 valence electrons. The molecule has 2 aromatic carbocycles. The van der Waals surface area contributed by atoms with E-state index in [4.69, 9.17) is 0 Å². The first kappa shape index (κ1) is 23.0. The number of nitrogens with one attached hydrogen (secondary N) is 2. The van der Waals surface area contributed by atoms with Crippen LogP contribution < -0.4 is 5.32 Å². The lowest BCUT2D eigenvalue weighted by molar-refractivity contribution is -0.137. The van der Waals surface area contributed by atoms with E-state index in [1.54, 1.807) is 6.07 Å². The van der Waals surface area contributed by atoms with Crippen molar-refractivity contribution in [2.45, 2.75) is 57.3 Å². The van der Waals surface area contributed by atoms with Gasteiger partial charge < -0.3 is 10.3 Å². The Hall–Kier alpha value is -2.80. The van der Waals surface area contributed by atoms with E-state index >= 15 is 0 Å². The summed E-state index contributed by atoms with van der Waals surface area (Å²) in [5.74, 6) is 0.550. The molecule has 3 aromatic rings. The Kier molecular flexibility index (Phi) is 6.38. The Morgan fingerprint density at radius 3 is 2.59 bits per heavy atom. The Labute approximate surface area is 197 Å². The number of aromatic amines is 1. The zero-order valence-corrected chi connectivity index (χ0v) is 19.1. The predicted octanol–water partition coefficient (Wildman–Crippen LogP) is 5.92. The number of nitrogens with zero attached hydrogens (tertiary/aromatic N) is 1. The van der Waals surface area contributed by atoms with Crippen molar-refractivity contribution in [2.24, 2.45) is 5.92 Å². The topological polar surface area (TPSA) is 48.1 Å². The highest BCUT2D eigenvalue weighted by Crippen LogP contribution is 2.33. The molecule has 0 spiro atoms. The van der Waals surface area contributed by atoms with E-state index in [1.807, 2.05) is 30.3 Å². The van der Waals surface area contributed by atoms with E-state index in [1.165, 1.54) is 12.1 Å². The van der Waals surface area contributed by atoms with Gasteiger partial charge in [0.05, 0.1) is 5.56 Å². The summed E-state index contributed by atoms with van der Waals surface area (Å²) in [5, 5.41) is 4.21. The number of carbonyl (C=O) groups is 1. The van der Waals surface area contributed by atoms with Crippen molar-refractivity contribution in [3.63, 3.8) is 0 Å². The molecule has 34 heavy (non-hydrogen) atoms. The Balaban J connectivity index is 1.08. The van der Waals surface area contributed by atoms with Crippen molar-refractivity contribution in [2.75, 3.05) is 13.1 Å². The van der Waals surface area contributed by atoms with Gasteiger partial charge in [0.2, 0.25) is 0 Å². The first-order chi connectivity index (χ1) is 16.3.